The first-order valence-corrected chi connectivity index (χ1v) is 8.78. The van der Waals surface area contributed by atoms with Crippen LogP contribution in [0.2, 0.25) is 0 Å². The molecule has 0 spiro atoms. The highest BCUT2D eigenvalue weighted by Gasteiger charge is 2.18. The Morgan fingerprint density at radius 1 is 1.29 bits per heavy atom. The first kappa shape index (κ1) is 19.1. The van der Waals surface area contributed by atoms with Crippen molar-refractivity contribution in [1.29, 1.82) is 0 Å². The van der Waals surface area contributed by atoms with E-state index in [4.69, 9.17) is 0 Å². The maximum Gasteiger partial charge on any atom is 0.193 e. The molecule has 2 N–H and O–H groups in total. The zero-order chi connectivity index (χ0) is 16.1. The molecule has 1 fully saturated rings. The monoisotopic (exact) mass is 440 g/mol. The van der Waals surface area contributed by atoms with E-state index in [1.165, 1.54) is 29.3 Å². The molecule has 1 saturated heterocycles. The van der Waals surface area contributed by atoms with E-state index in [0.717, 1.165) is 44.4 Å². The number of nitrogens with one attached hydrogen (secondary N) is 2. The summed E-state index contributed by atoms with van der Waals surface area (Å²) in [5, 5.41) is 4.88. The molecule has 132 valence electrons. The molecule has 0 bridgehead atoms. The average Bonchev–Trinajstić information content (AvgIpc) is 2.99. The van der Waals surface area contributed by atoms with Crippen molar-refractivity contribution in [3.63, 3.8) is 0 Å². The number of piperidine rings is 1. The van der Waals surface area contributed by atoms with Gasteiger partial charge in [0.2, 0.25) is 0 Å². The molecule has 0 atom stereocenters. The molecule has 3 rings (SSSR count). The number of halogens is 1. The van der Waals surface area contributed by atoms with Gasteiger partial charge in [-0.15, -0.1) is 24.0 Å². The number of H-pyrrole nitrogens is 1. The smallest absolute Gasteiger partial charge is 0.193 e. The molecule has 0 radical (unpaired) electrons. The fraction of sp³-hybridized carbons (Fsp3) is 0.526. The number of fused-ring (bicyclic) bond motifs is 1. The molecule has 5 heteroatoms. The van der Waals surface area contributed by atoms with Crippen LogP contribution in [0.25, 0.3) is 10.9 Å². The van der Waals surface area contributed by atoms with Crippen LogP contribution < -0.4 is 5.32 Å². The number of rotatable bonds is 4. The lowest BCUT2D eigenvalue weighted by molar-refractivity contribution is 0.273. The third-order valence-electron chi connectivity index (χ3n) is 4.88. The molecule has 1 aliphatic heterocycles. The molecule has 1 aromatic carbocycles. The maximum absolute atomic E-state index is 4.45. The van der Waals surface area contributed by atoms with E-state index in [1.807, 2.05) is 7.05 Å². The van der Waals surface area contributed by atoms with Crippen LogP contribution in [0.5, 0.6) is 0 Å². The van der Waals surface area contributed by atoms with Gasteiger partial charge in [-0.2, -0.15) is 0 Å². The first-order valence-electron chi connectivity index (χ1n) is 8.78. The lowest BCUT2D eigenvalue weighted by Crippen LogP contribution is -2.45. The summed E-state index contributed by atoms with van der Waals surface area (Å²) in [5.41, 5.74) is 2.64. The Hall–Kier alpha value is -1.24. The first-order chi connectivity index (χ1) is 11.3. The van der Waals surface area contributed by atoms with E-state index in [2.05, 4.69) is 57.6 Å². The molecular weight excluding hydrogens is 411 g/mol. The number of aliphatic imine (C=N–C) groups is 1. The molecule has 4 nitrogen and oxygen atoms in total. The van der Waals surface area contributed by atoms with Crippen molar-refractivity contribution in [1.82, 2.24) is 15.2 Å². The van der Waals surface area contributed by atoms with Crippen molar-refractivity contribution in [2.45, 2.75) is 32.6 Å². The summed E-state index contributed by atoms with van der Waals surface area (Å²) in [4.78, 5) is 10.2. The van der Waals surface area contributed by atoms with Gasteiger partial charge in [0.25, 0.3) is 0 Å². The number of hydrogen-bond acceptors (Lipinski definition) is 1. The fourth-order valence-electron chi connectivity index (χ4n) is 3.37. The van der Waals surface area contributed by atoms with Gasteiger partial charge in [0.1, 0.15) is 0 Å². The molecule has 0 amide bonds. The Morgan fingerprint density at radius 2 is 2.04 bits per heavy atom. The summed E-state index contributed by atoms with van der Waals surface area (Å²) in [7, 11) is 1.89. The highest BCUT2D eigenvalue weighted by atomic mass is 127. The lowest BCUT2D eigenvalue weighted by atomic mass is 9.99. The van der Waals surface area contributed by atoms with Crippen molar-refractivity contribution in [2.24, 2.45) is 10.9 Å². The number of aromatic nitrogens is 1. The topological polar surface area (TPSA) is 43.4 Å². The highest BCUT2D eigenvalue weighted by molar-refractivity contribution is 14.0. The van der Waals surface area contributed by atoms with Crippen LogP contribution >= 0.6 is 24.0 Å². The number of guanidine groups is 1. The van der Waals surface area contributed by atoms with Gasteiger partial charge in [0.15, 0.2) is 5.96 Å². The molecule has 0 saturated carbocycles. The van der Waals surface area contributed by atoms with Gasteiger partial charge in [-0.3, -0.25) is 4.99 Å². The predicted octanol–water partition coefficient (Wildman–Crippen LogP) is 4.03. The van der Waals surface area contributed by atoms with Gasteiger partial charge < -0.3 is 15.2 Å². The van der Waals surface area contributed by atoms with Gasteiger partial charge in [-0.05, 0) is 43.2 Å². The van der Waals surface area contributed by atoms with Gasteiger partial charge in [0, 0.05) is 43.8 Å². The number of aryl methyl sites for hydroxylation is 1. The normalized spacial score (nSPS) is 16.2. The molecule has 1 aromatic heterocycles. The van der Waals surface area contributed by atoms with Crippen LogP contribution in [0.1, 0.15) is 31.7 Å². The third kappa shape index (κ3) is 4.65. The SMILES string of the molecule is CN=C(NCCCc1c[nH]c2ccccc12)N1CCC(C)CC1.I. The van der Waals surface area contributed by atoms with Gasteiger partial charge >= 0.3 is 0 Å². The molecular formula is C19H29IN4. The zero-order valence-corrected chi connectivity index (χ0v) is 17.0. The second kappa shape index (κ2) is 9.30. The van der Waals surface area contributed by atoms with Gasteiger partial charge in [-0.25, -0.2) is 0 Å². The predicted molar refractivity (Wildman–Crippen MR) is 113 cm³/mol. The van der Waals surface area contributed by atoms with Crippen molar-refractivity contribution < 1.29 is 0 Å². The van der Waals surface area contributed by atoms with Crippen LogP contribution in [0.15, 0.2) is 35.5 Å². The van der Waals surface area contributed by atoms with Gasteiger partial charge in [-0.1, -0.05) is 25.1 Å². The second-order valence-corrected chi connectivity index (χ2v) is 6.61. The number of nitrogens with zero attached hydrogens (tertiary/aromatic N) is 2. The molecule has 0 aliphatic carbocycles. The Balaban J connectivity index is 0.00000208. The molecule has 24 heavy (non-hydrogen) atoms. The number of hydrogen-bond donors (Lipinski definition) is 2. The van der Waals surface area contributed by atoms with Crippen molar-refractivity contribution >= 4 is 40.8 Å². The van der Waals surface area contributed by atoms with Crippen molar-refractivity contribution in [3.8, 4) is 0 Å². The number of para-hydroxylation sites is 1. The van der Waals surface area contributed by atoms with E-state index in [9.17, 15) is 0 Å². The van der Waals surface area contributed by atoms with Crippen LogP contribution in [-0.4, -0.2) is 42.5 Å². The zero-order valence-electron chi connectivity index (χ0n) is 14.7. The summed E-state index contributed by atoms with van der Waals surface area (Å²) in [6, 6.07) is 8.52. The summed E-state index contributed by atoms with van der Waals surface area (Å²) in [5.74, 6) is 1.92. The minimum atomic E-state index is 0. The Morgan fingerprint density at radius 3 is 2.79 bits per heavy atom. The van der Waals surface area contributed by atoms with Crippen molar-refractivity contribution in [2.75, 3.05) is 26.7 Å². The number of benzene rings is 1. The lowest BCUT2D eigenvalue weighted by Gasteiger charge is -2.32. The number of aromatic amines is 1. The summed E-state index contributed by atoms with van der Waals surface area (Å²) in [6.45, 7) is 5.57. The van der Waals surface area contributed by atoms with Crippen LogP contribution in [0, 0.1) is 5.92 Å². The fourth-order valence-corrected chi connectivity index (χ4v) is 3.37. The van der Waals surface area contributed by atoms with Crippen LogP contribution in [0.4, 0.5) is 0 Å². The number of likely N-dealkylation sites (tertiary alicyclic amines) is 1. The molecule has 1 aliphatic rings. The third-order valence-corrected chi connectivity index (χ3v) is 4.88. The quantitative estimate of drug-likeness (QED) is 0.327. The summed E-state index contributed by atoms with van der Waals surface area (Å²) < 4.78 is 0. The largest absolute Gasteiger partial charge is 0.361 e. The Bertz CT molecular complexity index is 656. The molecule has 0 unspecified atom stereocenters. The maximum atomic E-state index is 4.45. The molecule has 2 aromatic rings. The Kier molecular flexibility index (Phi) is 7.40. The van der Waals surface area contributed by atoms with Crippen LogP contribution in [-0.2, 0) is 6.42 Å². The Labute approximate surface area is 162 Å². The highest BCUT2D eigenvalue weighted by Crippen LogP contribution is 2.19. The van der Waals surface area contributed by atoms with Gasteiger partial charge in [0.05, 0.1) is 0 Å². The standard InChI is InChI=1S/C19H28N4.HI/c1-15-9-12-23(13-10-15)19(20-2)21-11-5-6-16-14-22-18-8-4-3-7-17(16)18;/h3-4,7-8,14-15,22H,5-6,9-13H2,1-2H3,(H,20,21);1H. The van der Waals surface area contributed by atoms with E-state index in [-0.39, 0.29) is 24.0 Å². The van der Waals surface area contributed by atoms with Crippen LogP contribution in [0.3, 0.4) is 0 Å². The second-order valence-electron chi connectivity index (χ2n) is 6.61. The van der Waals surface area contributed by atoms with E-state index in [1.54, 1.807) is 0 Å². The minimum Gasteiger partial charge on any atom is -0.361 e. The average molecular weight is 440 g/mol. The molecule has 2 heterocycles. The minimum absolute atomic E-state index is 0. The summed E-state index contributed by atoms with van der Waals surface area (Å²) in [6.07, 6.45) is 6.90. The van der Waals surface area contributed by atoms with E-state index < -0.39 is 0 Å². The summed E-state index contributed by atoms with van der Waals surface area (Å²) >= 11 is 0. The van der Waals surface area contributed by atoms with Crippen molar-refractivity contribution in [3.05, 3.63) is 36.0 Å². The van der Waals surface area contributed by atoms with E-state index >= 15 is 0 Å². The van der Waals surface area contributed by atoms with E-state index in [0.29, 0.717) is 0 Å².